The normalized spacial score (nSPS) is 26.8. The SMILES string of the molecule is CC1(C)COC(C)(C)N1C(=O)O[C@@H]1CCC/C1=C\c1ccccc1. The maximum atomic E-state index is 12.8. The summed E-state index contributed by atoms with van der Waals surface area (Å²) in [5, 5.41) is 0. The molecule has 3 rings (SSSR count). The molecule has 0 N–H and O–H groups in total. The first-order chi connectivity index (χ1) is 11.3. The second-order valence-corrected chi connectivity index (χ2v) is 7.78. The van der Waals surface area contributed by atoms with Crippen LogP contribution in [0.3, 0.4) is 0 Å². The number of benzene rings is 1. The molecule has 0 radical (unpaired) electrons. The summed E-state index contributed by atoms with van der Waals surface area (Å²) in [5.74, 6) is 0. The molecule has 1 saturated carbocycles. The molecule has 1 aromatic rings. The molecule has 1 saturated heterocycles. The summed E-state index contributed by atoms with van der Waals surface area (Å²) in [6.07, 6.45) is 4.66. The Morgan fingerprint density at radius 1 is 1.25 bits per heavy atom. The Kier molecular flexibility index (Phi) is 4.43. The van der Waals surface area contributed by atoms with Crippen molar-refractivity contribution in [3.8, 4) is 0 Å². The zero-order chi connectivity index (χ0) is 17.4. The Morgan fingerprint density at radius 2 is 1.96 bits per heavy atom. The minimum Gasteiger partial charge on any atom is -0.441 e. The van der Waals surface area contributed by atoms with Crippen LogP contribution in [0.1, 0.15) is 52.5 Å². The maximum Gasteiger partial charge on any atom is 0.413 e. The summed E-state index contributed by atoms with van der Waals surface area (Å²) >= 11 is 0. The molecule has 0 spiro atoms. The second kappa shape index (κ2) is 6.25. The van der Waals surface area contributed by atoms with Crippen molar-refractivity contribution < 1.29 is 14.3 Å². The van der Waals surface area contributed by atoms with Crippen molar-refractivity contribution in [3.05, 3.63) is 41.5 Å². The van der Waals surface area contributed by atoms with Crippen molar-refractivity contribution in [2.45, 2.75) is 64.3 Å². The van der Waals surface area contributed by atoms with Crippen molar-refractivity contribution in [1.29, 1.82) is 0 Å². The van der Waals surface area contributed by atoms with Gasteiger partial charge in [-0.25, -0.2) is 4.79 Å². The fourth-order valence-corrected chi connectivity index (χ4v) is 3.75. The van der Waals surface area contributed by atoms with Gasteiger partial charge in [0.1, 0.15) is 11.8 Å². The first-order valence-electron chi connectivity index (χ1n) is 8.70. The molecule has 1 aliphatic carbocycles. The zero-order valence-corrected chi connectivity index (χ0v) is 15.0. The lowest BCUT2D eigenvalue weighted by Gasteiger charge is -2.37. The molecule has 24 heavy (non-hydrogen) atoms. The van der Waals surface area contributed by atoms with E-state index < -0.39 is 5.72 Å². The molecule has 1 heterocycles. The number of rotatable bonds is 2. The van der Waals surface area contributed by atoms with Crippen molar-refractivity contribution in [1.82, 2.24) is 4.90 Å². The number of amides is 1. The van der Waals surface area contributed by atoms with Crippen molar-refractivity contribution in [3.63, 3.8) is 0 Å². The summed E-state index contributed by atoms with van der Waals surface area (Å²) in [7, 11) is 0. The van der Waals surface area contributed by atoms with Gasteiger partial charge in [0.25, 0.3) is 0 Å². The van der Waals surface area contributed by atoms with E-state index in [2.05, 4.69) is 18.2 Å². The highest BCUT2D eigenvalue weighted by Gasteiger charge is 2.50. The summed E-state index contributed by atoms with van der Waals surface area (Å²) in [6.45, 7) is 8.37. The Hall–Kier alpha value is -1.81. The van der Waals surface area contributed by atoms with Crippen molar-refractivity contribution in [2.75, 3.05) is 6.61 Å². The molecular weight excluding hydrogens is 302 g/mol. The van der Waals surface area contributed by atoms with Crippen LogP contribution in [-0.4, -0.2) is 35.0 Å². The molecule has 0 aromatic heterocycles. The van der Waals surface area contributed by atoms with Crippen LogP contribution < -0.4 is 0 Å². The Balaban J connectivity index is 1.75. The van der Waals surface area contributed by atoms with Crippen molar-refractivity contribution in [2.24, 2.45) is 0 Å². The molecule has 1 aromatic carbocycles. The molecule has 2 aliphatic rings. The summed E-state index contributed by atoms with van der Waals surface area (Å²) in [5.41, 5.74) is 1.36. The van der Waals surface area contributed by atoms with Gasteiger partial charge in [-0.15, -0.1) is 0 Å². The number of nitrogens with zero attached hydrogens (tertiary/aromatic N) is 1. The van der Waals surface area contributed by atoms with Gasteiger partial charge in [-0.2, -0.15) is 0 Å². The van der Waals surface area contributed by atoms with E-state index in [9.17, 15) is 4.79 Å². The first-order valence-corrected chi connectivity index (χ1v) is 8.70. The molecule has 1 aliphatic heterocycles. The van der Waals surface area contributed by atoms with E-state index in [1.165, 1.54) is 5.57 Å². The van der Waals surface area contributed by atoms with E-state index in [4.69, 9.17) is 9.47 Å². The highest BCUT2D eigenvalue weighted by molar-refractivity contribution is 5.71. The zero-order valence-electron chi connectivity index (χ0n) is 15.0. The number of hydrogen-bond acceptors (Lipinski definition) is 3. The van der Waals surface area contributed by atoms with Crippen LogP contribution in [0.15, 0.2) is 35.9 Å². The van der Waals surface area contributed by atoms with Gasteiger partial charge >= 0.3 is 6.09 Å². The molecule has 4 nitrogen and oxygen atoms in total. The third-order valence-corrected chi connectivity index (χ3v) is 4.85. The Bertz CT molecular complexity index is 618. The van der Waals surface area contributed by atoms with Gasteiger partial charge in [0.2, 0.25) is 0 Å². The van der Waals surface area contributed by atoms with Crippen LogP contribution in [0.5, 0.6) is 0 Å². The number of carbonyl (C=O) groups excluding carboxylic acids is 1. The lowest BCUT2D eigenvalue weighted by molar-refractivity contribution is -0.0556. The number of ether oxygens (including phenoxy) is 2. The lowest BCUT2D eigenvalue weighted by Crippen LogP contribution is -2.53. The van der Waals surface area contributed by atoms with Crippen molar-refractivity contribution >= 4 is 12.2 Å². The average Bonchev–Trinajstić information content (AvgIpc) is 3.02. The van der Waals surface area contributed by atoms with Gasteiger partial charge in [-0.3, -0.25) is 4.90 Å². The van der Waals surface area contributed by atoms with Crippen LogP contribution in [-0.2, 0) is 9.47 Å². The molecule has 130 valence electrons. The molecule has 2 fully saturated rings. The summed E-state index contributed by atoms with van der Waals surface area (Å²) in [6, 6.07) is 10.2. The fourth-order valence-electron chi connectivity index (χ4n) is 3.75. The van der Waals surface area contributed by atoms with Crippen LogP contribution in [0.2, 0.25) is 0 Å². The van der Waals surface area contributed by atoms with E-state index >= 15 is 0 Å². The molecule has 4 heteroatoms. The van der Waals surface area contributed by atoms with E-state index in [1.807, 2.05) is 45.9 Å². The number of carbonyl (C=O) groups is 1. The van der Waals surface area contributed by atoms with E-state index in [-0.39, 0.29) is 17.7 Å². The van der Waals surface area contributed by atoms with Gasteiger partial charge in [0, 0.05) is 0 Å². The van der Waals surface area contributed by atoms with Crippen LogP contribution in [0.25, 0.3) is 6.08 Å². The van der Waals surface area contributed by atoms with E-state index in [0.29, 0.717) is 6.61 Å². The van der Waals surface area contributed by atoms with E-state index in [0.717, 1.165) is 24.8 Å². The van der Waals surface area contributed by atoms with Gasteiger partial charge in [-0.1, -0.05) is 36.4 Å². The Morgan fingerprint density at radius 3 is 2.58 bits per heavy atom. The average molecular weight is 329 g/mol. The summed E-state index contributed by atoms with van der Waals surface area (Å²) < 4.78 is 11.7. The molecule has 1 amide bonds. The van der Waals surface area contributed by atoms with Crippen LogP contribution in [0.4, 0.5) is 4.79 Å². The molecule has 0 bridgehead atoms. The van der Waals surface area contributed by atoms with E-state index in [1.54, 1.807) is 4.90 Å². The van der Waals surface area contributed by atoms with Crippen LogP contribution in [0, 0.1) is 0 Å². The Labute approximate surface area is 144 Å². The number of hydrogen-bond donors (Lipinski definition) is 0. The maximum absolute atomic E-state index is 12.8. The fraction of sp³-hybridized carbons (Fsp3) is 0.550. The van der Waals surface area contributed by atoms with Gasteiger partial charge in [0.15, 0.2) is 0 Å². The van der Waals surface area contributed by atoms with Gasteiger partial charge in [-0.05, 0) is 58.1 Å². The van der Waals surface area contributed by atoms with Gasteiger partial charge in [0.05, 0.1) is 12.1 Å². The molecular formula is C20H27NO3. The standard InChI is InChI=1S/C20H27NO3/c1-19(2)14-23-20(3,4)21(19)18(22)24-17-12-8-11-16(17)13-15-9-6-5-7-10-15/h5-7,9-10,13,17H,8,11-12,14H2,1-4H3/b16-13+/t17-/m1/s1. The largest absolute Gasteiger partial charge is 0.441 e. The predicted octanol–water partition coefficient (Wildman–Crippen LogP) is 4.61. The minimum absolute atomic E-state index is 0.134. The van der Waals surface area contributed by atoms with Gasteiger partial charge < -0.3 is 9.47 Å². The highest BCUT2D eigenvalue weighted by atomic mass is 16.6. The predicted molar refractivity (Wildman–Crippen MR) is 94.5 cm³/mol. The van der Waals surface area contributed by atoms with Crippen LogP contribution >= 0.6 is 0 Å². The minimum atomic E-state index is -0.636. The highest BCUT2D eigenvalue weighted by Crippen LogP contribution is 2.37. The quantitative estimate of drug-likeness (QED) is 0.795. The molecule has 1 atom stereocenters. The molecule has 0 unspecified atom stereocenters. The smallest absolute Gasteiger partial charge is 0.413 e. The third-order valence-electron chi connectivity index (χ3n) is 4.85. The second-order valence-electron chi connectivity index (χ2n) is 7.78. The third kappa shape index (κ3) is 3.34. The topological polar surface area (TPSA) is 38.8 Å². The lowest BCUT2D eigenvalue weighted by atomic mass is 10.0. The summed E-state index contributed by atoms with van der Waals surface area (Å²) in [4.78, 5) is 14.6. The monoisotopic (exact) mass is 329 g/mol. The first kappa shape index (κ1) is 17.0.